The second-order valence-electron chi connectivity index (χ2n) is 3.63. The van der Waals surface area contributed by atoms with Crippen LogP contribution in [0.2, 0.25) is 0 Å². The molecule has 2 amide bonds. The third-order valence-corrected chi connectivity index (χ3v) is 2.74. The van der Waals surface area contributed by atoms with Gasteiger partial charge in [-0.3, -0.25) is 0 Å². The summed E-state index contributed by atoms with van der Waals surface area (Å²) in [7, 11) is 0. The van der Waals surface area contributed by atoms with Gasteiger partial charge in [0.1, 0.15) is 0 Å². The van der Waals surface area contributed by atoms with E-state index in [2.05, 4.69) is 12.2 Å². The molecule has 84 valence electrons. The van der Waals surface area contributed by atoms with Crippen molar-refractivity contribution in [3.63, 3.8) is 0 Å². The van der Waals surface area contributed by atoms with E-state index < -0.39 is 0 Å². The predicted molar refractivity (Wildman–Crippen MR) is 59.2 cm³/mol. The molecule has 0 saturated carbocycles. The Morgan fingerprint density at radius 1 is 1.43 bits per heavy atom. The molecule has 0 aliphatic carbocycles. The molecule has 0 heterocycles. The van der Waals surface area contributed by atoms with E-state index in [-0.39, 0.29) is 11.6 Å². The fourth-order valence-corrected chi connectivity index (χ4v) is 1.46. The molecule has 0 saturated heterocycles. The van der Waals surface area contributed by atoms with Crippen molar-refractivity contribution in [1.29, 1.82) is 0 Å². The number of nitrogens with one attached hydrogen (secondary N) is 1. The van der Waals surface area contributed by atoms with Gasteiger partial charge >= 0.3 is 6.03 Å². The number of carbonyl (C=O) groups is 1. The average Bonchev–Trinajstić information content (AvgIpc) is 2.19. The van der Waals surface area contributed by atoms with E-state index >= 15 is 0 Å². The van der Waals surface area contributed by atoms with Crippen molar-refractivity contribution in [1.82, 2.24) is 10.2 Å². The first-order chi connectivity index (χ1) is 6.55. The summed E-state index contributed by atoms with van der Waals surface area (Å²) in [6.07, 6.45) is 0.870. The maximum absolute atomic E-state index is 11.7. The lowest BCUT2D eigenvalue weighted by atomic mass is 9.97. The summed E-state index contributed by atoms with van der Waals surface area (Å²) in [6, 6.07) is -0.0233. The Morgan fingerprint density at radius 2 is 2.00 bits per heavy atom. The van der Waals surface area contributed by atoms with Gasteiger partial charge in [0.25, 0.3) is 0 Å². The van der Waals surface area contributed by atoms with Gasteiger partial charge in [0, 0.05) is 19.6 Å². The highest BCUT2D eigenvalue weighted by atomic mass is 16.2. The fourth-order valence-electron chi connectivity index (χ4n) is 1.46. The Balaban J connectivity index is 4.59. The molecule has 0 aliphatic rings. The topological polar surface area (TPSA) is 58.4 Å². The predicted octanol–water partition coefficient (Wildman–Crippen LogP) is 1.17. The maximum atomic E-state index is 11.7. The smallest absolute Gasteiger partial charge is 0.317 e. The molecule has 0 aromatic heterocycles. The minimum Gasteiger partial charge on any atom is -0.338 e. The van der Waals surface area contributed by atoms with Crippen molar-refractivity contribution in [2.45, 2.75) is 39.7 Å². The Hall–Kier alpha value is -0.770. The van der Waals surface area contributed by atoms with Gasteiger partial charge in [-0.05, 0) is 27.2 Å². The van der Waals surface area contributed by atoms with Crippen molar-refractivity contribution in [2.24, 2.45) is 5.73 Å². The molecule has 0 aromatic carbocycles. The largest absolute Gasteiger partial charge is 0.338 e. The lowest BCUT2D eigenvalue weighted by molar-refractivity contribution is 0.129. The molecule has 4 nitrogen and oxygen atoms in total. The van der Waals surface area contributed by atoms with Gasteiger partial charge in [0.15, 0.2) is 0 Å². The third kappa shape index (κ3) is 2.87. The van der Waals surface area contributed by atoms with E-state index in [4.69, 9.17) is 5.73 Å². The van der Waals surface area contributed by atoms with Gasteiger partial charge in [0.2, 0.25) is 0 Å². The third-order valence-electron chi connectivity index (χ3n) is 2.74. The van der Waals surface area contributed by atoms with Crippen LogP contribution in [0.25, 0.3) is 0 Å². The second kappa shape index (κ2) is 5.86. The Bertz CT molecular complexity index is 178. The van der Waals surface area contributed by atoms with Crippen LogP contribution in [0, 0.1) is 0 Å². The minimum absolute atomic E-state index is 0.0233. The first-order valence-electron chi connectivity index (χ1n) is 5.31. The number of hydrogen-bond acceptors (Lipinski definition) is 2. The molecule has 1 unspecified atom stereocenters. The number of amides is 2. The number of nitrogens with two attached hydrogens (primary N) is 1. The molecular formula is C10H23N3O. The van der Waals surface area contributed by atoms with E-state index in [1.165, 1.54) is 0 Å². The summed E-state index contributed by atoms with van der Waals surface area (Å²) in [6.45, 7) is 9.79. The molecule has 4 heteroatoms. The van der Waals surface area contributed by atoms with Crippen molar-refractivity contribution in [3.8, 4) is 0 Å². The number of nitrogens with zero attached hydrogens (tertiary/aromatic N) is 1. The van der Waals surface area contributed by atoms with Gasteiger partial charge in [0.05, 0.1) is 5.54 Å². The molecule has 0 aromatic rings. The van der Waals surface area contributed by atoms with Crippen LogP contribution >= 0.6 is 0 Å². The number of urea groups is 1. The van der Waals surface area contributed by atoms with Gasteiger partial charge in [-0.1, -0.05) is 6.92 Å². The number of carbonyl (C=O) groups excluding carboxylic acids is 1. The molecule has 0 fully saturated rings. The monoisotopic (exact) mass is 201 g/mol. The summed E-state index contributed by atoms with van der Waals surface area (Å²) in [4.78, 5) is 13.5. The molecule has 0 rings (SSSR count). The average molecular weight is 201 g/mol. The van der Waals surface area contributed by atoms with Crippen molar-refractivity contribution in [3.05, 3.63) is 0 Å². The van der Waals surface area contributed by atoms with Crippen LogP contribution < -0.4 is 11.1 Å². The number of hydrogen-bond donors (Lipinski definition) is 2. The van der Waals surface area contributed by atoms with Crippen LogP contribution in [-0.4, -0.2) is 36.1 Å². The van der Waals surface area contributed by atoms with Crippen LogP contribution in [-0.2, 0) is 0 Å². The first-order valence-corrected chi connectivity index (χ1v) is 5.31. The first kappa shape index (κ1) is 13.2. The van der Waals surface area contributed by atoms with E-state index in [1.54, 1.807) is 4.90 Å². The molecular weight excluding hydrogens is 178 g/mol. The second-order valence-corrected chi connectivity index (χ2v) is 3.63. The SMILES string of the molecule is CCNC(=O)N(CC)C(C)(CC)CN. The van der Waals surface area contributed by atoms with Crippen LogP contribution in [0.1, 0.15) is 34.1 Å². The lowest BCUT2D eigenvalue weighted by Gasteiger charge is -2.39. The zero-order valence-electron chi connectivity index (χ0n) is 9.76. The lowest BCUT2D eigenvalue weighted by Crippen LogP contribution is -2.56. The molecule has 0 aliphatic heterocycles. The van der Waals surface area contributed by atoms with Crippen LogP contribution in [0.5, 0.6) is 0 Å². The highest BCUT2D eigenvalue weighted by Crippen LogP contribution is 2.17. The minimum atomic E-state index is -0.228. The molecule has 3 N–H and O–H groups in total. The van der Waals surface area contributed by atoms with Crippen molar-refractivity contribution < 1.29 is 4.79 Å². The van der Waals surface area contributed by atoms with Gasteiger partial charge in [-0.2, -0.15) is 0 Å². The molecule has 1 atom stereocenters. The van der Waals surface area contributed by atoms with E-state index in [9.17, 15) is 4.79 Å². The highest BCUT2D eigenvalue weighted by Gasteiger charge is 2.30. The Kier molecular flexibility index (Phi) is 5.53. The van der Waals surface area contributed by atoms with Crippen LogP contribution in [0.15, 0.2) is 0 Å². The zero-order valence-corrected chi connectivity index (χ0v) is 9.76. The normalized spacial score (nSPS) is 14.6. The van der Waals surface area contributed by atoms with Crippen LogP contribution in [0.3, 0.4) is 0 Å². The molecule has 0 radical (unpaired) electrons. The van der Waals surface area contributed by atoms with Gasteiger partial charge in [-0.15, -0.1) is 0 Å². The highest BCUT2D eigenvalue weighted by molar-refractivity contribution is 5.75. The van der Waals surface area contributed by atoms with Crippen LogP contribution in [0.4, 0.5) is 4.79 Å². The Morgan fingerprint density at radius 3 is 2.29 bits per heavy atom. The maximum Gasteiger partial charge on any atom is 0.317 e. The standard InChI is InChI=1S/C10H23N3O/c1-5-10(4,8-11)13(7-3)9(14)12-6-2/h5-8,11H2,1-4H3,(H,12,14). The summed E-state index contributed by atoms with van der Waals surface area (Å²) >= 11 is 0. The van der Waals surface area contributed by atoms with E-state index in [0.29, 0.717) is 19.6 Å². The summed E-state index contributed by atoms with van der Waals surface area (Å²) in [5, 5.41) is 2.80. The summed E-state index contributed by atoms with van der Waals surface area (Å²) in [5.41, 5.74) is 5.48. The fraction of sp³-hybridized carbons (Fsp3) is 0.900. The van der Waals surface area contributed by atoms with Crippen molar-refractivity contribution in [2.75, 3.05) is 19.6 Å². The summed E-state index contributed by atoms with van der Waals surface area (Å²) in [5.74, 6) is 0. The van der Waals surface area contributed by atoms with Gasteiger partial charge < -0.3 is 16.0 Å². The number of likely N-dealkylation sites (N-methyl/N-ethyl adjacent to an activating group) is 1. The molecule has 14 heavy (non-hydrogen) atoms. The molecule has 0 bridgehead atoms. The van der Waals surface area contributed by atoms with E-state index in [1.807, 2.05) is 20.8 Å². The van der Waals surface area contributed by atoms with Gasteiger partial charge in [-0.25, -0.2) is 4.79 Å². The van der Waals surface area contributed by atoms with E-state index in [0.717, 1.165) is 6.42 Å². The van der Waals surface area contributed by atoms with Crippen molar-refractivity contribution >= 4 is 6.03 Å². The Labute approximate surface area is 86.8 Å². The number of rotatable bonds is 5. The summed E-state index contributed by atoms with van der Waals surface area (Å²) < 4.78 is 0. The zero-order chi connectivity index (χ0) is 11.2. The molecule has 0 spiro atoms. The quantitative estimate of drug-likeness (QED) is 0.701.